The van der Waals surface area contributed by atoms with Crippen molar-refractivity contribution < 1.29 is 4.42 Å². The van der Waals surface area contributed by atoms with Gasteiger partial charge in [0.05, 0.1) is 6.54 Å². The van der Waals surface area contributed by atoms with Gasteiger partial charge in [0.2, 0.25) is 0 Å². The normalized spacial score (nSPS) is 17.3. The molecule has 2 aromatic rings. The van der Waals surface area contributed by atoms with E-state index >= 15 is 0 Å². The highest BCUT2D eigenvalue weighted by atomic mass is 79.9. The molecule has 84 valence electrons. The fourth-order valence-electron chi connectivity index (χ4n) is 2.30. The molecule has 1 aliphatic heterocycles. The molecule has 0 saturated carbocycles. The lowest BCUT2D eigenvalue weighted by atomic mass is 10.2. The van der Waals surface area contributed by atoms with Crippen LogP contribution in [0.3, 0.4) is 0 Å². The SMILES string of the molecule is Brc1ccc2cc(CN3CCCC3)oc2c1. The van der Waals surface area contributed by atoms with Gasteiger partial charge in [-0.1, -0.05) is 15.9 Å². The topological polar surface area (TPSA) is 16.4 Å². The second kappa shape index (κ2) is 4.22. The second-order valence-electron chi connectivity index (χ2n) is 4.38. The fraction of sp³-hybridized carbons (Fsp3) is 0.385. The van der Waals surface area contributed by atoms with E-state index in [0.717, 1.165) is 22.4 Å². The smallest absolute Gasteiger partial charge is 0.135 e. The van der Waals surface area contributed by atoms with Gasteiger partial charge in [-0.05, 0) is 50.2 Å². The number of hydrogen-bond donors (Lipinski definition) is 0. The highest BCUT2D eigenvalue weighted by Gasteiger charge is 2.14. The van der Waals surface area contributed by atoms with Gasteiger partial charge in [-0.2, -0.15) is 0 Å². The summed E-state index contributed by atoms with van der Waals surface area (Å²) in [5.74, 6) is 1.08. The van der Waals surface area contributed by atoms with Crippen molar-refractivity contribution in [1.82, 2.24) is 4.90 Å². The average molecular weight is 280 g/mol. The molecule has 0 radical (unpaired) electrons. The molecule has 0 bridgehead atoms. The highest BCUT2D eigenvalue weighted by Crippen LogP contribution is 2.24. The zero-order valence-corrected chi connectivity index (χ0v) is 10.7. The first-order valence-corrected chi connectivity index (χ1v) is 6.51. The summed E-state index contributed by atoms with van der Waals surface area (Å²) in [7, 11) is 0. The molecule has 16 heavy (non-hydrogen) atoms. The number of benzene rings is 1. The van der Waals surface area contributed by atoms with Crippen molar-refractivity contribution >= 4 is 26.9 Å². The van der Waals surface area contributed by atoms with Crippen LogP contribution in [0.15, 0.2) is 33.2 Å². The number of hydrogen-bond acceptors (Lipinski definition) is 2. The van der Waals surface area contributed by atoms with Crippen LogP contribution in [-0.2, 0) is 6.54 Å². The van der Waals surface area contributed by atoms with Crippen molar-refractivity contribution in [3.63, 3.8) is 0 Å². The van der Waals surface area contributed by atoms with Gasteiger partial charge in [-0.25, -0.2) is 0 Å². The van der Waals surface area contributed by atoms with Crippen LogP contribution >= 0.6 is 15.9 Å². The Morgan fingerprint density at radius 2 is 2.00 bits per heavy atom. The number of furan rings is 1. The Morgan fingerprint density at radius 3 is 2.81 bits per heavy atom. The van der Waals surface area contributed by atoms with Gasteiger partial charge < -0.3 is 4.42 Å². The Balaban J connectivity index is 1.86. The van der Waals surface area contributed by atoms with Gasteiger partial charge in [0.1, 0.15) is 11.3 Å². The molecule has 0 N–H and O–H groups in total. The van der Waals surface area contributed by atoms with Gasteiger partial charge in [0.15, 0.2) is 0 Å². The number of rotatable bonds is 2. The summed E-state index contributed by atoms with van der Waals surface area (Å²) in [4.78, 5) is 2.45. The van der Waals surface area contributed by atoms with Gasteiger partial charge in [0.25, 0.3) is 0 Å². The van der Waals surface area contributed by atoms with Crippen LogP contribution < -0.4 is 0 Å². The minimum atomic E-state index is 0.951. The number of halogens is 1. The summed E-state index contributed by atoms with van der Waals surface area (Å²) < 4.78 is 6.91. The van der Waals surface area contributed by atoms with Crippen LogP contribution in [0.1, 0.15) is 18.6 Å². The van der Waals surface area contributed by atoms with Crippen LogP contribution in [0.4, 0.5) is 0 Å². The predicted molar refractivity (Wildman–Crippen MR) is 68.4 cm³/mol. The van der Waals surface area contributed by atoms with Crippen molar-refractivity contribution in [2.24, 2.45) is 0 Å². The third kappa shape index (κ3) is 2.02. The maximum atomic E-state index is 5.84. The highest BCUT2D eigenvalue weighted by molar-refractivity contribution is 9.10. The van der Waals surface area contributed by atoms with Crippen molar-refractivity contribution in [2.45, 2.75) is 19.4 Å². The summed E-state index contributed by atoms with van der Waals surface area (Å²) in [5, 5.41) is 1.19. The molecule has 1 fully saturated rings. The van der Waals surface area contributed by atoms with E-state index in [-0.39, 0.29) is 0 Å². The van der Waals surface area contributed by atoms with E-state index in [9.17, 15) is 0 Å². The molecule has 3 rings (SSSR count). The Hall–Kier alpha value is -0.800. The number of fused-ring (bicyclic) bond motifs is 1. The molecule has 1 saturated heterocycles. The quantitative estimate of drug-likeness (QED) is 0.832. The molecular formula is C13H14BrNO. The number of nitrogens with zero attached hydrogens (tertiary/aromatic N) is 1. The summed E-state index contributed by atoms with van der Waals surface area (Å²) in [6.07, 6.45) is 2.65. The first kappa shape index (κ1) is 10.4. The Bertz CT molecular complexity index is 500. The molecule has 1 aliphatic rings. The molecule has 0 amide bonds. The van der Waals surface area contributed by atoms with E-state index in [1.165, 1.54) is 31.3 Å². The maximum absolute atomic E-state index is 5.84. The molecule has 1 aromatic heterocycles. The standard InChI is InChI=1S/C13H14BrNO/c14-11-4-3-10-7-12(16-13(10)8-11)9-15-5-1-2-6-15/h3-4,7-8H,1-2,5-6,9H2. The summed E-state index contributed by atoms with van der Waals surface area (Å²) >= 11 is 3.46. The van der Waals surface area contributed by atoms with E-state index in [1.807, 2.05) is 6.07 Å². The Kier molecular flexibility index (Phi) is 2.74. The second-order valence-corrected chi connectivity index (χ2v) is 5.29. The summed E-state index contributed by atoms with van der Waals surface area (Å²) in [5.41, 5.74) is 0.976. The predicted octanol–water partition coefficient (Wildman–Crippen LogP) is 3.79. The molecule has 2 nitrogen and oxygen atoms in total. The third-order valence-corrected chi connectivity index (χ3v) is 3.60. The van der Waals surface area contributed by atoms with Crippen molar-refractivity contribution in [1.29, 1.82) is 0 Å². The van der Waals surface area contributed by atoms with E-state index in [1.54, 1.807) is 0 Å². The molecular weight excluding hydrogens is 266 g/mol. The van der Waals surface area contributed by atoms with E-state index in [2.05, 4.69) is 39.0 Å². The zero-order valence-electron chi connectivity index (χ0n) is 9.08. The minimum absolute atomic E-state index is 0.951. The van der Waals surface area contributed by atoms with Crippen molar-refractivity contribution in [3.8, 4) is 0 Å². The van der Waals surface area contributed by atoms with Gasteiger partial charge in [-0.3, -0.25) is 4.90 Å². The van der Waals surface area contributed by atoms with Gasteiger partial charge >= 0.3 is 0 Å². The minimum Gasteiger partial charge on any atom is -0.460 e. The van der Waals surface area contributed by atoms with E-state index in [4.69, 9.17) is 4.42 Å². The summed E-state index contributed by atoms with van der Waals surface area (Å²) in [6, 6.07) is 8.33. The van der Waals surface area contributed by atoms with E-state index < -0.39 is 0 Å². The molecule has 3 heteroatoms. The Labute approximate surface area is 103 Å². The molecule has 1 aromatic carbocycles. The van der Waals surface area contributed by atoms with Crippen LogP contribution in [-0.4, -0.2) is 18.0 Å². The first-order chi connectivity index (χ1) is 7.81. The van der Waals surface area contributed by atoms with Crippen molar-refractivity contribution in [2.75, 3.05) is 13.1 Å². The molecule has 0 unspecified atom stereocenters. The number of likely N-dealkylation sites (tertiary alicyclic amines) is 1. The average Bonchev–Trinajstić information content (AvgIpc) is 2.86. The van der Waals surface area contributed by atoms with Crippen LogP contribution in [0.2, 0.25) is 0 Å². The van der Waals surface area contributed by atoms with Crippen LogP contribution in [0.25, 0.3) is 11.0 Å². The lowest BCUT2D eigenvalue weighted by Gasteiger charge is -2.11. The molecule has 2 heterocycles. The van der Waals surface area contributed by atoms with Crippen molar-refractivity contribution in [3.05, 3.63) is 34.5 Å². The van der Waals surface area contributed by atoms with Crippen LogP contribution in [0, 0.1) is 0 Å². The third-order valence-electron chi connectivity index (χ3n) is 3.11. The molecule has 0 aliphatic carbocycles. The molecule has 0 spiro atoms. The molecule has 0 atom stereocenters. The lowest BCUT2D eigenvalue weighted by molar-refractivity contribution is 0.302. The van der Waals surface area contributed by atoms with Gasteiger partial charge in [0, 0.05) is 9.86 Å². The zero-order chi connectivity index (χ0) is 11.0. The maximum Gasteiger partial charge on any atom is 0.135 e. The fourth-order valence-corrected chi connectivity index (χ4v) is 2.64. The van der Waals surface area contributed by atoms with E-state index in [0.29, 0.717) is 0 Å². The first-order valence-electron chi connectivity index (χ1n) is 5.71. The Morgan fingerprint density at radius 1 is 1.19 bits per heavy atom. The summed E-state index contributed by atoms with van der Waals surface area (Å²) in [6.45, 7) is 3.37. The van der Waals surface area contributed by atoms with Crippen LogP contribution in [0.5, 0.6) is 0 Å². The largest absolute Gasteiger partial charge is 0.460 e. The van der Waals surface area contributed by atoms with Gasteiger partial charge in [-0.15, -0.1) is 0 Å². The lowest BCUT2D eigenvalue weighted by Crippen LogP contribution is -2.17. The monoisotopic (exact) mass is 279 g/mol.